The minimum Gasteiger partial charge on any atom is -0.322 e. The van der Waals surface area contributed by atoms with E-state index in [9.17, 15) is 18.8 Å². The number of benzene rings is 3. The minimum absolute atomic E-state index is 0.0636. The smallest absolute Gasteiger partial charge is 0.273 e. The lowest BCUT2D eigenvalue weighted by Crippen LogP contribution is -2.42. The molecule has 2 heterocycles. The van der Waals surface area contributed by atoms with E-state index in [1.165, 1.54) is 24.3 Å². The maximum atomic E-state index is 13.9. The number of carbonyl (C=O) groups is 3. The zero-order valence-corrected chi connectivity index (χ0v) is 19.7. The molecular formula is C26H18ClFN6O3. The van der Waals surface area contributed by atoms with Crippen LogP contribution >= 0.6 is 11.8 Å². The Morgan fingerprint density at radius 3 is 2.43 bits per heavy atom. The molecule has 0 saturated carbocycles. The molecule has 1 aromatic heterocycles. The van der Waals surface area contributed by atoms with Crippen LogP contribution < -0.4 is 16.0 Å². The fourth-order valence-corrected chi connectivity index (χ4v) is 3.93. The third kappa shape index (κ3) is 4.95. The van der Waals surface area contributed by atoms with Gasteiger partial charge in [0, 0.05) is 29.0 Å². The zero-order valence-electron chi connectivity index (χ0n) is 19.0. The molecule has 184 valence electrons. The molecule has 3 N–H and O–H groups in total. The average Bonchev–Trinajstić information content (AvgIpc) is 3.20. The van der Waals surface area contributed by atoms with Crippen molar-refractivity contribution in [1.82, 2.24) is 14.6 Å². The molecule has 4 aromatic rings. The van der Waals surface area contributed by atoms with Crippen LogP contribution in [0.5, 0.6) is 0 Å². The van der Waals surface area contributed by atoms with Gasteiger partial charge in [-0.15, -0.1) is 5.10 Å². The fraction of sp³-hybridized carbons (Fsp3) is 0.0385. The molecule has 0 radical (unpaired) electrons. The summed E-state index contributed by atoms with van der Waals surface area (Å²) in [5.74, 6) is -2.87. The first-order valence-electron chi connectivity index (χ1n) is 11.1. The number of carbonyl (C=O) groups excluding carboxylic acids is 3. The lowest BCUT2D eigenvalue weighted by Gasteiger charge is -2.12. The average molecular weight is 517 g/mol. The summed E-state index contributed by atoms with van der Waals surface area (Å²) < 4.78 is 14.7. The Balaban J connectivity index is 1.40. The van der Waals surface area contributed by atoms with Gasteiger partial charge in [-0.25, -0.2) is 9.38 Å². The third-order valence-electron chi connectivity index (χ3n) is 5.52. The normalized spacial score (nSPS) is 14.6. The second kappa shape index (κ2) is 10.0. The molecule has 37 heavy (non-hydrogen) atoms. The molecule has 0 bridgehead atoms. The molecule has 1 aliphatic heterocycles. The maximum Gasteiger partial charge on any atom is 0.273 e. The highest BCUT2D eigenvalue weighted by molar-refractivity contribution is 6.20. The quantitative estimate of drug-likeness (QED) is 0.374. The minimum atomic E-state index is -1.29. The van der Waals surface area contributed by atoms with Gasteiger partial charge in [-0.2, -0.15) is 4.20 Å². The van der Waals surface area contributed by atoms with Crippen molar-refractivity contribution in [3.05, 3.63) is 113 Å². The summed E-state index contributed by atoms with van der Waals surface area (Å²) in [6.45, 7) is 0. The van der Waals surface area contributed by atoms with Gasteiger partial charge in [-0.1, -0.05) is 60.7 Å². The molecule has 1 unspecified atom stereocenters. The Morgan fingerprint density at radius 1 is 0.946 bits per heavy atom. The van der Waals surface area contributed by atoms with Gasteiger partial charge >= 0.3 is 0 Å². The van der Waals surface area contributed by atoms with Crippen LogP contribution in [0.1, 0.15) is 32.0 Å². The van der Waals surface area contributed by atoms with Crippen LogP contribution in [-0.4, -0.2) is 38.9 Å². The van der Waals surface area contributed by atoms with Gasteiger partial charge < -0.3 is 16.0 Å². The van der Waals surface area contributed by atoms with Crippen LogP contribution in [0.4, 0.5) is 15.9 Å². The number of rotatable bonds is 5. The summed E-state index contributed by atoms with van der Waals surface area (Å²) in [5, 5.41) is 11.6. The van der Waals surface area contributed by atoms with Crippen molar-refractivity contribution in [2.24, 2.45) is 4.99 Å². The molecule has 0 saturated heterocycles. The number of nitrogens with one attached hydrogen (secondary N) is 3. The van der Waals surface area contributed by atoms with Crippen molar-refractivity contribution >= 4 is 46.7 Å². The number of benzodiazepines with no additional fused rings is 1. The SMILES string of the molecule is O=C(NC1N=C(c2ccccc2)c2ccccc2NC1=O)c1cc(NC(=O)c2ccccc2F)n(Cl)n1. The molecule has 0 fully saturated rings. The van der Waals surface area contributed by atoms with E-state index in [4.69, 9.17) is 11.8 Å². The maximum absolute atomic E-state index is 13.9. The number of nitrogens with zero attached hydrogens (tertiary/aromatic N) is 3. The topological polar surface area (TPSA) is 117 Å². The monoisotopic (exact) mass is 516 g/mol. The van der Waals surface area contributed by atoms with E-state index in [1.54, 1.807) is 12.1 Å². The number of amides is 3. The van der Waals surface area contributed by atoms with Crippen LogP contribution in [0.2, 0.25) is 0 Å². The summed E-state index contributed by atoms with van der Waals surface area (Å²) in [6.07, 6.45) is -1.29. The third-order valence-corrected chi connectivity index (χ3v) is 5.78. The van der Waals surface area contributed by atoms with Crippen LogP contribution in [0, 0.1) is 5.82 Å². The molecule has 1 aliphatic rings. The van der Waals surface area contributed by atoms with Crippen LogP contribution in [-0.2, 0) is 4.79 Å². The Hall–Kier alpha value is -4.83. The first kappa shape index (κ1) is 23.9. The van der Waals surface area contributed by atoms with E-state index in [0.29, 0.717) is 17.0 Å². The first-order chi connectivity index (χ1) is 17.9. The van der Waals surface area contributed by atoms with E-state index >= 15 is 0 Å². The summed E-state index contributed by atoms with van der Waals surface area (Å²) >= 11 is 6.03. The van der Waals surface area contributed by atoms with Crippen molar-refractivity contribution in [3.8, 4) is 0 Å². The second-order valence-electron chi connectivity index (χ2n) is 7.96. The van der Waals surface area contributed by atoms with E-state index < -0.39 is 29.7 Å². The van der Waals surface area contributed by atoms with Crippen LogP contribution in [0.15, 0.2) is 89.9 Å². The van der Waals surface area contributed by atoms with E-state index in [1.807, 2.05) is 42.5 Å². The highest BCUT2D eigenvalue weighted by Crippen LogP contribution is 2.24. The molecule has 1 atom stereocenters. The Labute approximate surface area is 215 Å². The highest BCUT2D eigenvalue weighted by Gasteiger charge is 2.28. The van der Waals surface area contributed by atoms with Gasteiger partial charge in [0.15, 0.2) is 5.69 Å². The van der Waals surface area contributed by atoms with Crippen molar-refractivity contribution in [2.75, 3.05) is 10.6 Å². The lowest BCUT2D eigenvalue weighted by molar-refractivity contribution is -0.117. The molecule has 0 spiro atoms. The van der Waals surface area contributed by atoms with E-state index in [-0.39, 0.29) is 17.1 Å². The standard InChI is InChI=1S/C26H18ClFN6O3/c27-34-21(30-24(35)16-10-4-6-12-18(16)28)14-20(33-34)25(36)32-23-26(37)29-19-13-7-5-11-17(19)22(31-23)15-8-2-1-3-9-15/h1-14,23H,(H,29,37)(H,30,35)(H,32,36). The van der Waals surface area contributed by atoms with Crippen molar-refractivity contribution in [2.45, 2.75) is 6.17 Å². The van der Waals surface area contributed by atoms with E-state index in [2.05, 4.69) is 26.0 Å². The Bertz CT molecular complexity index is 1550. The number of hydrogen-bond acceptors (Lipinski definition) is 5. The summed E-state index contributed by atoms with van der Waals surface area (Å²) in [4.78, 5) is 42.9. The number of para-hydroxylation sites is 1. The molecule has 3 aromatic carbocycles. The second-order valence-corrected chi connectivity index (χ2v) is 8.28. The molecule has 0 aliphatic carbocycles. The van der Waals surface area contributed by atoms with Gasteiger partial charge in [-0.05, 0) is 18.2 Å². The van der Waals surface area contributed by atoms with Gasteiger partial charge in [0.25, 0.3) is 17.7 Å². The Morgan fingerprint density at radius 2 is 1.65 bits per heavy atom. The number of halogens is 2. The van der Waals surface area contributed by atoms with E-state index in [0.717, 1.165) is 15.8 Å². The largest absolute Gasteiger partial charge is 0.322 e. The number of aliphatic imine (C=N–C) groups is 1. The zero-order chi connectivity index (χ0) is 25.9. The highest BCUT2D eigenvalue weighted by atomic mass is 35.5. The molecule has 11 heteroatoms. The van der Waals surface area contributed by atoms with Gasteiger partial charge in [0.05, 0.1) is 17.0 Å². The first-order valence-corrected chi connectivity index (χ1v) is 11.4. The lowest BCUT2D eigenvalue weighted by atomic mass is 10.0. The fourth-order valence-electron chi connectivity index (χ4n) is 3.76. The predicted molar refractivity (Wildman–Crippen MR) is 136 cm³/mol. The number of hydrogen-bond donors (Lipinski definition) is 3. The summed E-state index contributed by atoms with van der Waals surface area (Å²) in [7, 11) is 0. The van der Waals surface area contributed by atoms with Crippen LogP contribution in [0.3, 0.4) is 0 Å². The summed E-state index contributed by atoms with van der Waals surface area (Å²) in [5.41, 5.74) is 2.13. The molecular weight excluding hydrogens is 499 g/mol. The van der Waals surface area contributed by atoms with Crippen molar-refractivity contribution in [3.63, 3.8) is 0 Å². The van der Waals surface area contributed by atoms with Gasteiger partial charge in [-0.3, -0.25) is 14.4 Å². The van der Waals surface area contributed by atoms with Gasteiger partial charge in [0.2, 0.25) is 6.17 Å². The molecule has 3 amide bonds. The van der Waals surface area contributed by atoms with Crippen LogP contribution in [0.25, 0.3) is 0 Å². The number of fused-ring (bicyclic) bond motifs is 1. The van der Waals surface area contributed by atoms with Crippen molar-refractivity contribution in [1.29, 1.82) is 0 Å². The van der Waals surface area contributed by atoms with Crippen molar-refractivity contribution < 1.29 is 18.8 Å². The summed E-state index contributed by atoms with van der Waals surface area (Å²) in [6, 6.07) is 23.0. The van der Waals surface area contributed by atoms with Gasteiger partial charge in [0.1, 0.15) is 11.6 Å². The number of anilines is 2. The number of aromatic nitrogens is 2. The Kier molecular flexibility index (Phi) is 6.48. The molecule has 9 nitrogen and oxygen atoms in total. The molecule has 5 rings (SSSR count). The predicted octanol–water partition coefficient (Wildman–Crippen LogP) is 3.82.